The van der Waals surface area contributed by atoms with E-state index in [9.17, 15) is 0 Å². The van der Waals surface area contributed by atoms with Gasteiger partial charge >= 0.3 is 5.13 Å². The lowest BCUT2D eigenvalue weighted by atomic mass is 10.2. The largest absolute Gasteiger partial charge is 0.409 e. The van der Waals surface area contributed by atoms with E-state index < -0.39 is 0 Å². The molecule has 100 valence electrons. The van der Waals surface area contributed by atoms with Crippen molar-refractivity contribution in [1.29, 1.82) is 0 Å². The standard InChI is InChI=1S/C15H14N4S/c1-10-9-11(16)7-8-12(10)17-18-15-19(2)13-5-3-4-6-14(13)20-15/h3-9,16H,1-2H3/p+1. The summed E-state index contributed by atoms with van der Waals surface area (Å²) in [5.74, 6) is 0. The van der Waals surface area contributed by atoms with Gasteiger partial charge in [-0.05, 0) is 59.3 Å². The van der Waals surface area contributed by atoms with E-state index in [1.807, 2.05) is 44.3 Å². The second kappa shape index (κ2) is 5.02. The molecular formula is C15H15N4S+. The highest BCUT2D eigenvalue weighted by molar-refractivity contribution is 7.21. The maximum absolute atomic E-state index is 5.74. The molecule has 3 rings (SSSR count). The maximum atomic E-state index is 5.74. The van der Waals surface area contributed by atoms with Crippen LogP contribution in [-0.4, -0.2) is 0 Å². The van der Waals surface area contributed by atoms with Crippen molar-refractivity contribution in [1.82, 2.24) is 0 Å². The zero-order chi connectivity index (χ0) is 14.1. The Bertz CT molecular complexity index is 805. The Hall–Kier alpha value is -2.27. The fourth-order valence-electron chi connectivity index (χ4n) is 2.07. The predicted octanol–water partition coefficient (Wildman–Crippen LogP) is 4.03. The monoisotopic (exact) mass is 283 g/mol. The van der Waals surface area contributed by atoms with Crippen LogP contribution >= 0.6 is 11.3 Å². The first-order valence-corrected chi connectivity index (χ1v) is 7.12. The van der Waals surface area contributed by atoms with Crippen LogP contribution in [0.3, 0.4) is 0 Å². The van der Waals surface area contributed by atoms with Gasteiger partial charge in [0.2, 0.25) is 0 Å². The second-order valence-electron chi connectivity index (χ2n) is 4.66. The van der Waals surface area contributed by atoms with E-state index in [1.165, 1.54) is 10.2 Å². The number of nitrogen functional groups attached to an aromatic ring is 1. The van der Waals surface area contributed by atoms with Crippen molar-refractivity contribution in [2.75, 3.05) is 5.73 Å². The summed E-state index contributed by atoms with van der Waals surface area (Å²) in [5.41, 5.74) is 9.52. The van der Waals surface area contributed by atoms with Crippen LogP contribution in [0.25, 0.3) is 10.2 Å². The third-order valence-electron chi connectivity index (χ3n) is 3.18. The molecule has 3 aromatic rings. The van der Waals surface area contributed by atoms with Gasteiger partial charge in [-0.25, -0.2) is 4.57 Å². The lowest BCUT2D eigenvalue weighted by Crippen LogP contribution is -2.25. The van der Waals surface area contributed by atoms with Crippen molar-refractivity contribution >= 4 is 38.1 Å². The molecule has 0 unspecified atom stereocenters. The van der Waals surface area contributed by atoms with E-state index >= 15 is 0 Å². The highest BCUT2D eigenvalue weighted by atomic mass is 32.1. The summed E-state index contributed by atoms with van der Waals surface area (Å²) >= 11 is 1.63. The molecule has 0 radical (unpaired) electrons. The van der Waals surface area contributed by atoms with Gasteiger partial charge in [0.15, 0.2) is 0 Å². The Kier molecular flexibility index (Phi) is 3.20. The molecule has 0 amide bonds. The van der Waals surface area contributed by atoms with Gasteiger partial charge in [-0.3, -0.25) is 0 Å². The maximum Gasteiger partial charge on any atom is 0.409 e. The van der Waals surface area contributed by atoms with Gasteiger partial charge in [-0.1, -0.05) is 12.1 Å². The van der Waals surface area contributed by atoms with Crippen LogP contribution in [0.4, 0.5) is 16.5 Å². The number of anilines is 1. The predicted molar refractivity (Wildman–Crippen MR) is 82.8 cm³/mol. The van der Waals surface area contributed by atoms with E-state index in [0.717, 1.165) is 22.1 Å². The summed E-state index contributed by atoms with van der Waals surface area (Å²) < 4.78 is 3.26. The highest BCUT2D eigenvalue weighted by Crippen LogP contribution is 2.28. The number of thiazole rings is 1. The Morgan fingerprint density at radius 2 is 1.90 bits per heavy atom. The van der Waals surface area contributed by atoms with Crippen molar-refractivity contribution in [2.24, 2.45) is 17.3 Å². The van der Waals surface area contributed by atoms with Crippen molar-refractivity contribution < 1.29 is 4.57 Å². The fraction of sp³-hybridized carbons (Fsp3) is 0.133. The van der Waals surface area contributed by atoms with Crippen LogP contribution in [0.5, 0.6) is 0 Å². The number of azo groups is 1. The summed E-state index contributed by atoms with van der Waals surface area (Å²) in [6, 6.07) is 13.9. The number of fused-ring (bicyclic) bond motifs is 1. The van der Waals surface area contributed by atoms with Crippen molar-refractivity contribution in [3.63, 3.8) is 0 Å². The highest BCUT2D eigenvalue weighted by Gasteiger charge is 2.15. The topological polar surface area (TPSA) is 54.6 Å². The summed E-state index contributed by atoms with van der Waals surface area (Å²) in [7, 11) is 2.00. The average Bonchev–Trinajstić information content (AvgIpc) is 2.75. The molecule has 0 aliphatic rings. The number of aryl methyl sites for hydroxylation is 2. The number of rotatable bonds is 2. The zero-order valence-electron chi connectivity index (χ0n) is 11.4. The van der Waals surface area contributed by atoms with Gasteiger partial charge in [-0.2, -0.15) is 0 Å². The van der Waals surface area contributed by atoms with Crippen LogP contribution in [0.15, 0.2) is 52.7 Å². The minimum absolute atomic E-state index is 0.744. The van der Waals surface area contributed by atoms with Crippen molar-refractivity contribution in [3.05, 3.63) is 48.0 Å². The quantitative estimate of drug-likeness (QED) is 0.431. The summed E-state index contributed by atoms with van der Waals surface area (Å²) in [5, 5.41) is 9.58. The van der Waals surface area contributed by atoms with Gasteiger partial charge in [0.05, 0.1) is 16.9 Å². The molecule has 0 saturated heterocycles. The Labute approximate surface area is 121 Å². The third kappa shape index (κ3) is 2.28. The minimum Gasteiger partial charge on any atom is -0.399 e. The van der Waals surface area contributed by atoms with E-state index in [0.29, 0.717) is 0 Å². The number of nitrogens with two attached hydrogens (primary N) is 1. The van der Waals surface area contributed by atoms with E-state index in [4.69, 9.17) is 5.73 Å². The molecule has 0 fully saturated rings. The normalized spacial score (nSPS) is 11.5. The molecule has 0 aliphatic heterocycles. The van der Waals surface area contributed by atoms with Gasteiger partial charge in [0.1, 0.15) is 11.2 Å². The Balaban J connectivity index is 2.00. The number of para-hydroxylation sites is 1. The molecule has 5 heteroatoms. The molecule has 0 saturated carbocycles. The van der Waals surface area contributed by atoms with Gasteiger partial charge in [0, 0.05) is 5.69 Å². The first-order chi connectivity index (χ1) is 9.65. The summed E-state index contributed by atoms with van der Waals surface area (Å²) in [6.07, 6.45) is 0. The lowest BCUT2D eigenvalue weighted by molar-refractivity contribution is -0.627. The van der Waals surface area contributed by atoms with Crippen LogP contribution in [-0.2, 0) is 7.05 Å². The smallest absolute Gasteiger partial charge is 0.399 e. The van der Waals surface area contributed by atoms with Gasteiger partial charge in [-0.15, -0.1) is 0 Å². The summed E-state index contributed by atoms with van der Waals surface area (Å²) in [6.45, 7) is 1.98. The van der Waals surface area contributed by atoms with Crippen molar-refractivity contribution in [2.45, 2.75) is 6.92 Å². The summed E-state index contributed by atoms with van der Waals surface area (Å²) in [4.78, 5) is 0. The van der Waals surface area contributed by atoms with Crippen molar-refractivity contribution in [3.8, 4) is 0 Å². The fourth-order valence-corrected chi connectivity index (χ4v) is 3.04. The molecule has 0 bridgehead atoms. The number of nitrogens with zero attached hydrogens (tertiary/aromatic N) is 3. The molecule has 0 atom stereocenters. The molecule has 0 aliphatic carbocycles. The Morgan fingerprint density at radius 3 is 2.65 bits per heavy atom. The number of benzene rings is 2. The number of hydrogen-bond acceptors (Lipinski definition) is 4. The molecule has 20 heavy (non-hydrogen) atoms. The Morgan fingerprint density at radius 1 is 1.10 bits per heavy atom. The molecule has 1 heterocycles. The number of hydrogen-bond donors (Lipinski definition) is 1. The molecular weight excluding hydrogens is 268 g/mol. The van der Waals surface area contributed by atoms with Gasteiger partial charge in [0.25, 0.3) is 0 Å². The lowest BCUT2D eigenvalue weighted by Gasteiger charge is -1.97. The van der Waals surface area contributed by atoms with Crippen LogP contribution in [0.2, 0.25) is 0 Å². The molecule has 4 nitrogen and oxygen atoms in total. The van der Waals surface area contributed by atoms with Gasteiger partial charge < -0.3 is 5.73 Å². The zero-order valence-corrected chi connectivity index (χ0v) is 12.2. The molecule has 2 N–H and O–H groups in total. The van der Waals surface area contributed by atoms with E-state index in [2.05, 4.69) is 26.9 Å². The van der Waals surface area contributed by atoms with E-state index in [-0.39, 0.29) is 0 Å². The molecule has 0 spiro atoms. The van der Waals surface area contributed by atoms with Crippen LogP contribution < -0.4 is 10.3 Å². The van der Waals surface area contributed by atoms with Crippen LogP contribution in [0.1, 0.15) is 5.56 Å². The average molecular weight is 283 g/mol. The molecule has 2 aromatic carbocycles. The van der Waals surface area contributed by atoms with E-state index in [1.54, 1.807) is 11.3 Å². The third-order valence-corrected chi connectivity index (χ3v) is 4.28. The second-order valence-corrected chi connectivity index (χ2v) is 5.67. The first-order valence-electron chi connectivity index (χ1n) is 6.30. The molecule has 1 aromatic heterocycles. The minimum atomic E-state index is 0.744. The SMILES string of the molecule is Cc1cc(N)ccc1N=Nc1sc2ccccc2[n+]1C. The number of aromatic nitrogens is 1. The first kappa shape index (κ1) is 12.7. The van der Waals surface area contributed by atoms with Crippen LogP contribution in [0, 0.1) is 6.92 Å².